The fourth-order valence-electron chi connectivity index (χ4n) is 4.86. The second-order valence-corrected chi connectivity index (χ2v) is 8.96. The van der Waals surface area contributed by atoms with Crippen molar-refractivity contribution in [1.29, 1.82) is 0 Å². The molecule has 2 heterocycles. The normalized spacial score (nSPS) is 14.0. The molecule has 1 unspecified atom stereocenters. The zero-order valence-electron chi connectivity index (χ0n) is 20.8. The molecule has 1 aliphatic rings. The lowest BCUT2D eigenvalue weighted by Crippen LogP contribution is -2.18. The largest absolute Gasteiger partial charge is 0.497 e. The minimum absolute atomic E-state index is 0.0605. The molecule has 0 spiro atoms. The third-order valence-electron chi connectivity index (χ3n) is 6.49. The van der Waals surface area contributed by atoms with Crippen LogP contribution < -0.4 is 10.1 Å². The Morgan fingerprint density at radius 2 is 1.58 bits per heavy atom. The maximum Gasteiger partial charge on any atom is 0.355 e. The molecule has 8 nitrogen and oxygen atoms in total. The molecular weight excluding hydrogens is 508 g/mol. The van der Waals surface area contributed by atoms with Gasteiger partial charge in [0.1, 0.15) is 11.4 Å². The minimum atomic E-state index is -0.969. The average molecular weight is 531 g/mol. The van der Waals surface area contributed by atoms with Crippen LogP contribution in [0, 0.1) is 0 Å². The number of ether oxygens (including phenoxy) is 3. The predicted octanol–water partition coefficient (Wildman–Crippen LogP) is 5.46. The molecule has 9 heteroatoms. The molecular formula is C29H23ClN2O6. The van der Waals surface area contributed by atoms with E-state index in [0.717, 1.165) is 0 Å². The van der Waals surface area contributed by atoms with E-state index in [1.54, 1.807) is 66.3 Å². The number of nitrogens with zero attached hydrogens (tertiary/aromatic N) is 1. The summed E-state index contributed by atoms with van der Waals surface area (Å²) in [4.78, 5) is 40.3. The van der Waals surface area contributed by atoms with E-state index < -0.39 is 17.9 Å². The topological polar surface area (TPSA) is 95.9 Å². The molecule has 1 aromatic heterocycles. The molecule has 5 rings (SSSR count). The Kier molecular flexibility index (Phi) is 6.65. The Morgan fingerprint density at radius 3 is 2.21 bits per heavy atom. The van der Waals surface area contributed by atoms with Gasteiger partial charge in [-0.05, 0) is 65.7 Å². The fraction of sp³-hybridized carbons (Fsp3) is 0.138. The number of nitrogens with one attached hydrogen (secondary N) is 1. The molecule has 0 radical (unpaired) electrons. The first-order valence-corrected chi connectivity index (χ1v) is 12.0. The first-order valence-electron chi connectivity index (χ1n) is 11.6. The van der Waals surface area contributed by atoms with E-state index in [2.05, 4.69) is 5.32 Å². The van der Waals surface area contributed by atoms with Crippen molar-refractivity contribution in [3.05, 3.63) is 100 Å². The van der Waals surface area contributed by atoms with Gasteiger partial charge in [0.2, 0.25) is 5.91 Å². The number of benzene rings is 3. The molecule has 1 amide bonds. The summed E-state index contributed by atoms with van der Waals surface area (Å²) < 4.78 is 17.3. The molecule has 1 N–H and O–H groups in total. The van der Waals surface area contributed by atoms with Crippen LogP contribution in [0.3, 0.4) is 0 Å². The van der Waals surface area contributed by atoms with Crippen LogP contribution in [0.1, 0.15) is 37.9 Å². The highest BCUT2D eigenvalue weighted by Crippen LogP contribution is 2.47. The molecule has 38 heavy (non-hydrogen) atoms. The Bertz CT molecular complexity index is 1560. The lowest BCUT2D eigenvalue weighted by molar-refractivity contribution is -0.116. The van der Waals surface area contributed by atoms with Crippen LogP contribution in [-0.2, 0) is 14.3 Å². The number of rotatable bonds is 6. The van der Waals surface area contributed by atoms with Gasteiger partial charge in [0.25, 0.3) is 0 Å². The van der Waals surface area contributed by atoms with Gasteiger partial charge in [0, 0.05) is 22.0 Å². The average Bonchev–Trinajstić information content (AvgIpc) is 3.46. The SMILES string of the molecule is COC(=O)c1c(C2C(=O)Nc3ccc(Cl)cc32)c(-c2ccc(OC)cc2)n(-c2ccccc2)c1C(=O)OC. The number of methoxy groups -OCH3 is 3. The molecule has 0 fully saturated rings. The van der Waals surface area contributed by atoms with Crippen LogP contribution in [0.15, 0.2) is 72.8 Å². The van der Waals surface area contributed by atoms with Crippen LogP contribution in [-0.4, -0.2) is 43.7 Å². The van der Waals surface area contributed by atoms with Gasteiger partial charge >= 0.3 is 11.9 Å². The maximum atomic E-state index is 13.5. The Hall–Kier alpha value is -4.56. The second kappa shape index (κ2) is 10.1. The highest BCUT2D eigenvalue weighted by Gasteiger charge is 2.43. The molecule has 1 atom stereocenters. The molecule has 0 aliphatic carbocycles. The van der Waals surface area contributed by atoms with Gasteiger partial charge in [-0.1, -0.05) is 29.8 Å². The van der Waals surface area contributed by atoms with Gasteiger partial charge in [-0.2, -0.15) is 0 Å². The quantitative estimate of drug-likeness (QED) is 0.332. The van der Waals surface area contributed by atoms with Crippen molar-refractivity contribution in [2.75, 3.05) is 26.6 Å². The van der Waals surface area contributed by atoms with Gasteiger partial charge < -0.3 is 24.1 Å². The van der Waals surface area contributed by atoms with Gasteiger partial charge in [0.05, 0.1) is 38.5 Å². The summed E-state index contributed by atoms with van der Waals surface area (Å²) >= 11 is 6.32. The number of esters is 2. The number of carbonyl (C=O) groups excluding carboxylic acids is 3. The number of hydrogen-bond donors (Lipinski definition) is 1. The van der Waals surface area contributed by atoms with Crippen LogP contribution in [0.4, 0.5) is 5.69 Å². The van der Waals surface area contributed by atoms with Crippen molar-refractivity contribution in [2.24, 2.45) is 0 Å². The highest BCUT2D eigenvalue weighted by molar-refractivity contribution is 6.31. The van der Waals surface area contributed by atoms with Crippen LogP contribution in [0.5, 0.6) is 5.75 Å². The summed E-state index contributed by atoms with van der Waals surface area (Å²) in [6.45, 7) is 0. The number of hydrogen-bond acceptors (Lipinski definition) is 6. The van der Waals surface area contributed by atoms with E-state index in [1.165, 1.54) is 14.2 Å². The predicted molar refractivity (Wildman–Crippen MR) is 142 cm³/mol. The summed E-state index contributed by atoms with van der Waals surface area (Å²) in [5.74, 6) is -2.27. The van der Waals surface area contributed by atoms with Gasteiger partial charge in [-0.25, -0.2) is 9.59 Å². The summed E-state index contributed by atoms with van der Waals surface area (Å²) in [5.41, 5.74) is 2.97. The smallest absolute Gasteiger partial charge is 0.355 e. The van der Waals surface area contributed by atoms with Crippen molar-refractivity contribution in [3.8, 4) is 22.7 Å². The number of para-hydroxylation sites is 1. The van der Waals surface area contributed by atoms with Gasteiger partial charge in [-0.3, -0.25) is 4.79 Å². The number of aromatic nitrogens is 1. The standard InChI is InChI=1S/C29H23ClN2O6/c1-36-19-12-9-16(10-13-19)25-23(22-20-15-17(30)11-14-21(20)31-27(22)33)24(28(34)37-2)26(29(35)38-3)32(25)18-7-5-4-6-8-18/h4-15,22H,1-3H3,(H,31,33). The monoisotopic (exact) mass is 530 g/mol. The van der Waals surface area contributed by atoms with Gasteiger partial charge in [-0.15, -0.1) is 0 Å². The maximum absolute atomic E-state index is 13.5. The molecule has 0 saturated carbocycles. The number of fused-ring (bicyclic) bond motifs is 1. The fourth-order valence-corrected chi connectivity index (χ4v) is 5.04. The molecule has 4 aromatic rings. The van der Waals surface area contributed by atoms with Crippen LogP contribution in [0.25, 0.3) is 16.9 Å². The van der Waals surface area contributed by atoms with Crippen molar-refractivity contribution < 1.29 is 28.6 Å². The molecule has 3 aromatic carbocycles. The highest BCUT2D eigenvalue weighted by atomic mass is 35.5. The van der Waals surface area contributed by atoms with Crippen molar-refractivity contribution in [3.63, 3.8) is 0 Å². The Morgan fingerprint density at radius 1 is 0.895 bits per heavy atom. The third kappa shape index (κ3) is 4.09. The summed E-state index contributed by atoms with van der Waals surface area (Å²) in [6, 6.07) is 21.2. The molecule has 192 valence electrons. The van der Waals surface area contributed by atoms with E-state index in [1.807, 2.05) is 18.2 Å². The van der Waals surface area contributed by atoms with E-state index in [4.69, 9.17) is 25.8 Å². The van der Waals surface area contributed by atoms with E-state index in [-0.39, 0.29) is 17.2 Å². The summed E-state index contributed by atoms with van der Waals surface area (Å²) in [6.07, 6.45) is 0. The first kappa shape index (κ1) is 25.1. The Balaban J connectivity index is 1.97. The zero-order chi connectivity index (χ0) is 27.0. The van der Waals surface area contributed by atoms with Crippen molar-refractivity contribution in [1.82, 2.24) is 4.57 Å². The number of amides is 1. The molecule has 0 bridgehead atoms. The Labute approximate surface area is 223 Å². The zero-order valence-corrected chi connectivity index (χ0v) is 21.5. The minimum Gasteiger partial charge on any atom is -0.497 e. The van der Waals surface area contributed by atoms with Crippen LogP contribution >= 0.6 is 11.6 Å². The van der Waals surface area contributed by atoms with Crippen LogP contribution in [0.2, 0.25) is 5.02 Å². The second-order valence-electron chi connectivity index (χ2n) is 8.52. The number of carbonyl (C=O) groups is 3. The first-order chi connectivity index (χ1) is 18.4. The van der Waals surface area contributed by atoms with E-state index in [9.17, 15) is 14.4 Å². The lowest BCUT2D eigenvalue weighted by Gasteiger charge is -2.17. The number of anilines is 1. The van der Waals surface area contributed by atoms with E-state index in [0.29, 0.717) is 44.5 Å². The number of halogens is 1. The lowest BCUT2D eigenvalue weighted by atomic mass is 9.87. The molecule has 0 saturated heterocycles. The summed E-state index contributed by atoms with van der Waals surface area (Å²) in [5, 5.41) is 3.29. The third-order valence-corrected chi connectivity index (χ3v) is 6.72. The summed E-state index contributed by atoms with van der Waals surface area (Å²) in [7, 11) is 4.01. The molecule has 1 aliphatic heterocycles. The van der Waals surface area contributed by atoms with E-state index >= 15 is 0 Å². The van der Waals surface area contributed by atoms with Gasteiger partial charge in [0.15, 0.2) is 0 Å². The van der Waals surface area contributed by atoms with Crippen molar-refractivity contribution in [2.45, 2.75) is 5.92 Å². The van der Waals surface area contributed by atoms with Crippen molar-refractivity contribution >= 4 is 35.1 Å².